The first-order chi connectivity index (χ1) is 9.24. The van der Waals surface area contributed by atoms with Crippen LogP contribution in [0.3, 0.4) is 0 Å². The summed E-state index contributed by atoms with van der Waals surface area (Å²) >= 11 is 9.49. The van der Waals surface area contributed by atoms with Crippen LogP contribution in [0.5, 0.6) is 0 Å². The molecule has 3 rings (SSSR count). The summed E-state index contributed by atoms with van der Waals surface area (Å²) in [6.45, 7) is 0. The van der Waals surface area contributed by atoms with Gasteiger partial charge in [0.15, 0.2) is 11.0 Å². The molecular formula is C14H9BrClN3. The van der Waals surface area contributed by atoms with Crippen LogP contribution in [-0.4, -0.2) is 10.2 Å². The second kappa shape index (κ2) is 5.15. The summed E-state index contributed by atoms with van der Waals surface area (Å²) in [7, 11) is 0. The minimum Gasteiger partial charge on any atom is -0.338 e. The SMILES string of the molecule is Clc1nnc(Nc2cccc(Br)c2)c2ccccc12. The van der Waals surface area contributed by atoms with E-state index in [4.69, 9.17) is 11.6 Å². The van der Waals surface area contributed by atoms with E-state index < -0.39 is 0 Å². The molecule has 1 N–H and O–H groups in total. The van der Waals surface area contributed by atoms with E-state index in [1.54, 1.807) is 0 Å². The van der Waals surface area contributed by atoms with Gasteiger partial charge in [0.2, 0.25) is 0 Å². The number of rotatable bonds is 2. The van der Waals surface area contributed by atoms with Gasteiger partial charge in [0.05, 0.1) is 0 Å². The molecule has 0 fully saturated rings. The van der Waals surface area contributed by atoms with Crippen LogP contribution in [0.1, 0.15) is 0 Å². The molecule has 0 aliphatic rings. The Kier molecular flexibility index (Phi) is 3.36. The molecule has 2 aromatic carbocycles. The summed E-state index contributed by atoms with van der Waals surface area (Å²) in [5.41, 5.74) is 0.941. The van der Waals surface area contributed by atoms with Crippen molar-refractivity contribution in [2.75, 3.05) is 5.32 Å². The van der Waals surface area contributed by atoms with Gasteiger partial charge in [-0.3, -0.25) is 0 Å². The summed E-state index contributed by atoms with van der Waals surface area (Å²) in [5.74, 6) is 0.693. The van der Waals surface area contributed by atoms with Gasteiger partial charge in [0.1, 0.15) is 0 Å². The molecular weight excluding hydrogens is 326 g/mol. The van der Waals surface area contributed by atoms with Gasteiger partial charge >= 0.3 is 0 Å². The summed E-state index contributed by atoms with van der Waals surface area (Å²) < 4.78 is 1.00. The number of halogens is 2. The molecule has 0 amide bonds. The summed E-state index contributed by atoms with van der Waals surface area (Å²) in [6, 6.07) is 15.6. The van der Waals surface area contributed by atoms with E-state index in [2.05, 4.69) is 31.4 Å². The number of aromatic nitrogens is 2. The van der Waals surface area contributed by atoms with Crippen molar-refractivity contribution in [1.82, 2.24) is 10.2 Å². The van der Waals surface area contributed by atoms with Gasteiger partial charge in [0, 0.05) is 20.9 Å². The fourth-order valence-electron chi connectivity index (χ4n) is 1.87. The molecule has 0 aliphatic carbocycles. The first-order valence-corrected chi connectivity index (χ1v) is 6.84. The summed E-state index contributed by atoms with van der Waals surface area (Å²) in [4.78, 5) is 0. The molecule has 3 aromatic rings. The maximum Gasteiger partial charge on any atom is 0.161 e. The zero-order chi connectivity index (χ0) is 13.2. The van der Waals surface area contributed by atoms with E-state index >= 15 is 0 Å². The Labute approximate surface area is 123 Å². The average Bonchev–Trinajstić information content (AvgIpc) is 2.42. The monoisotopic (exact) mass is 333 g/mol. The topological polar surface area (TPSA) is 37.8 Å². The van der Waals surface area contributed by atoms with Crippen LogP contribution in [0, 0.1) is 0 Å². The van der Waals surface area contributed by atoms with Crippen LogP contribution in [0.25, 0.3) is 10.8 Å². The minimum atomic E-state index is 0.412. The highest BCUT2D eigenvalue weighted by Gasteiger charge is 2.07. The van der Waals surface area contributed by atoms with Crippen LogP contribution >= 0.6 is 27.5 Å². The van der Waals surface area contributed by atoms with Gasteiger partial charge in [0.25, 0.3) is 0 Å². The Morgan fingerprint density at radius 1 is 0.947 bits per heavy atom. The standard InChI is InChI=1S/C14H9BrClN3/c15-9-4-3-5-10(8-9)17-14-12-7-2-1-6-11(12)13(16)18-19-14/h1-8H,(H,17,19). The number of hydrogen-bond donors (Lipinski definition) is 1. The van der Waals surface area contributed by atoms with Crippen molar-refractivity contribution in [3.63, 3.8) is 0 Å². The lowest BCUT2D eigenvalue weighted by Crippen LogP contribution is -1.97. The molecule has 3 nitrogen and oxygen atoms in total. The number of anilines is 2. The zero-order valence-electron chi connectivity index (χ0n) is 9.77. The van der Waals surface area contributed by atoms with Crippen LogP contribution in [0.15, 0.2) is 53.0 Å². The molecule has 0 spiro atoms. The Bertz CT molecular complexity index is 746. The number of nitrogens with zero attached hydrogens (tertiary/aromatic N) is 2. The lowest BCUT2D eigenvalue weighted by atomic mass is 10.2. The van der Waals surface area contributed by atoms with Gasteiger partial charge in [-0.1, -0.05) is 57.9 Å². The van der Waals surface area contributed by atoms with Crippen molar-refractivity contribution in [3.05, 3.63) is 58.2 Å². The third-order valence-electron chi connectivity index (χ3n) is 2.73. The largest absolute Gasteiger partial charge is 0.338 e. The minimum absolute atomic E-state index is 0.412. The van der Waals surface area contributed by atoms with Crippen LogP contribution in [0.4, 0.5) is 11.5 Å². The third-order valence-corrected chi connectivity index (χ3v) is 3.50. The molecule has 0 saturated carbocycles. The fraction of sp³-hybridized carbons (Fsp3) is 0. The molecule has 19 heavy (non-hydrogen) atoms. The molecule has 0 bridgehead atoms. The number of benzene rings is 2. The molecule has 0 saturated heterocycles. The quantitative estimate of drug-likeness (QED) is 0.732. The second-order valence-electron chi connectivity index (χ2n) is 4.02. The van der Waals surface area contributed by atoms with Gasteiger partial charge in [-0.25, -0.2) is 0 Å². The summed E-state index contributed by atoms with van der Waals surface area (Å²) in [5, 5.41) is 13.6. The van der Waals surface area contributed by atoms with E-state index in [9.17, 15) is 0 Å². The predicted octanol–water partition coefficient (Wildman–Crippen LogP) is 4.79. The van der Waals surface area contributed by atoms with Gasteiger partial charge < -0.3 is 5.32 Å². The highest BCUT2D eigenvalue weighted by atomic mass is 79.9. The second-order valence-corrected chi connectivity index (χ2v) is 5.29. The highest BCUT2D eigenvalue weighted by molar-refractivity contribution is 9.10. The molecule has 0 radical (unpaired) electrons. The lowest BCUT2D eigenvalue weighted by molar-refractivity contribution is 1.05. The molecule has 0 atom stereocenters. The average molecular weight is 335 g/mol. The van der Waals surface area contributed by atoms with Crippen molar-refractivity contribution in [2.24, 2.45) is 0 Å². The normalized spacial score (nSPS) is 10.6. The Morgan fingerprint density at radius 3 is 2.53 bits per heavy atom. The van der Waals surface area contributed by atoms with E-state index in [-0.39, 0.29) is 0 Å². The maximum atomic E-state index is 6.05. The Hall–Kier alpha value is -1.65. The van der Waals surface area contributed by atoms with Crippen LogP contribution < -0.4 is 5.32 Å². The van der Waals surface area contributed by atoms with Crippen molar-refractivity contribution in [3.8, 4) is 0 Å². The van der Waals surface area contributed by atoms with E-state index in [1.807, 2.05) is 48.5 Å². The fourth-order valence-corrected chi connectivity index (χ4v) is 2.47. The number of fused-ring (bicyclic) bond motifs is 1. The molecule has 0 unspecified atom stereocenters. The number of hydrogen-bond acceptors (Lipinski definition) is 3. The van der Waals surface area contributed by atoms with Crippen molar-refractivity contribution in [2.45, 2.75) is 0 Å². The molecule has 1 aromatic heterocycles. The molecule has 5 heteroatoms. The van der Waals surface area contributed by atoms with Gasteiger partial charge in [-0.15, -0.1) is 10.2 Å². The number of nitrogens with one attached hydrogen (secondary N) is 1. The molecule has 1 heterocycles. The molecule has 94 valence electrons. The first-order valence-electron chi connectivity index (χ1n) is 5.67. The lowest BCUT2D eigenvalue weighted by Gasteiger charge is -2.08. The van der Waals surface area contributed by atoms with Gasteiger partial charge in [-0.05, 0) is 18.2 Å². The van der Waals surface area contributed by atoms with E-state index in [0.717, 1.165) is 20.9 Å². The van der Waals surface area contributed by atoms with E-state index in [0.29, 0.717) is 11.0 Å². The van der Waals surface area contributed by atoms with E-state index in [1.165, 1.54) is 0 Å². The van der Waals surface area contributed by atoms with Crippen LogP contribution in [-0.2, 0) is 0 Å². The smallest absolute Gasteiger partial charge is 0.161 e. The van der Waals surface area contributed by atoms with Crippen LogP contribution in [0.2, 0.25) is 5.15 Å². The van der Waals surface area contributed by atoms with Crippen molar-refractivity contribution < 1.29 is 0 Å². The predicted molar refractivity (Wildman–Crippen MR) is 82.0 cm³/mol. The Balaban J connectivity index is 2.09. The van der Waals surface area contributed by atoms with Crippen molar-refractivity contribution in [1.29, 1.82) is 0 Å². The summed E-state index contributed by atoms with van der Waals surface area (Å²) in [6.07, 6.45) is 0. The zero-order valence-corrected chi connectivity index (χ0v) is 12.1. The first kappa shape index (κ1) is 12.4. The Morgan fingerprint density at radius 2 is 1.74 bits per heavy atom. The van der Waals surface area contributed by atoms with Gasteiger partial charge in [-0.2, -0.15) is 0 Å². The third kappa shape index (κ3) is 2.55. The van der Waals surface area contributed by atoms with Crippen molar-refractivity contribution >= 4 is 49.8 Å². The molecule has 0 aliphatic heterocycles. The maximum absolute atomic E-state index is 6.05. The highest BCUT2D eigenvalue weighted by Crippen LogP contribution is 2.28.